The van der Waals surface area contributed by atoms with E-state index in [1.807, 2.05) is 25.7 Å². The molecule has 3 saturated heterocycles. The number of esters is 1. The van der Waals surface area contributed by atoms with Gasteiger partial charge in [-0.3, -0.25) is 14.4 Å². The average molecular weight is 521 g/mol. The van der Waals surface area contributed by atoms with Crippen molar-refractivity contribution < 1.29 is 24.2 Å². The van der Waals surface area contributed by atoms with Crippen LogP contribution in [-0.4, -0.2) is 80.6 Å². The molecule has 0 aromatic heterocycles. The molecular formula is C28H44N2O5S. The summed E-state index contributed by atoms with van der Waals surface area (Å²) in [4.78, 5) is 45.0. The Balaban J connectivity index is 1.90. The molecular weight excluding hydrogens is 476 g/mol. The molecule has 202 valence electrons. The van der Waals surface area contributed by atoms with Crippen LogP contribution >= 0.6 is 11.8 Å². The topological polar surface area (TPSA) is 87.2 Å². The molecule has 2 amide bonds. The summed E-state index contributed by atoms with van der Waals surface area (Å²) in [5, 5.41) is 9.11. The van der Waals surface area contributed by atoms with Crippen LogP contribution in [0.25, 0.3) is 0 Å². The summed E-state index contributed by atoms with van der Waals surface area (Å²) in [6.45, 7) is 14.9. The minimum absolute atomic E-state index is 0.00958. The number of fused-ring (bicyclic) bond motifs is 1. The number of likely N-dealkylation sites (tertiary alicyclic amines) is 1. The van der Waals surface area contributed by atoms with E-state index >= 15 is 0 Å². The third-order valence-electron chi connectivity index (χ3n) is 7.80. The number of thioether (sulfide) groups is 1. The molecule has 0 aliphatic carbocycles. The van der Waals surface area contributed by atoms with Crippen LogP contribution in [0.2, 0.25) is 0 Å². The van der Waals surface area contributed by atoms with Crippen LogP contribution in [0.15, 0.2) is 25.3 Å². The predicted molar refractivity (Wildman–Crippen MR) is 143 cm³/mol. The van der Waals surface area contributed by atoms with Gasteiger partial charge < -0.3 is 19.6 Å². The van der Waals surface area contributed by atoms with Gasteiger partial charge in [0.2, 0.25) is 11.8 Å². The molecule has 8 heteroatoms. The van der Waals surface area contributed by atoms with Crippen molar-refractivity contribution in [2.75, 3.05) is 26.3 Å². The highest BCUT2D eigenvalue weighted by molar-refractivity contribution is 8.02. The second kappa shape index (κ2) is 12.2. The normalized spacial score (nSPS) is 28.8. The highest BCUT2D eigenvalue weighted by Crippen LogP contribution is 2.66. The number of unbranched alkanes of at least 4 members (excludes halogenated alkanes) is 4. The molecule has 1 N–H and O–H groups in total. The van der Waals surface area contributed by atoms with E-state index in [4.69, 9.17) is 9.84 Å². The molecule has 3 heterocycles. The fourth-order valence-corrected chi connectivity index (χ4v) is 8.36. The molecule has 5 atom stereocenters. The first-order valence-corrected chi connectivity index (χ1v) is 14.3. The maximum absolute atomic E-state index is 14.2. The van der Waals surface area contributed by atoms with Gasteiger partial charge in [0.15, 0.2) is 0 Å². The van der Waals surface area contributed by atoms with Gasteiger partial charge >= 0.3 is 5.97 Å². The monoisotopic (exact) mass is 520 g/mol. The molecule has 7 nitrogen and oxygen atoms in total. The molecule has 0 aromatic carbocycles. The zero-order valence-corrected chi connectivity index (χ0v) is 23.1. The van der Waals surface area contributed by atoms with Crippen LogP contribution in [0.5, 0.6) is 0 Å². The van der Waals surface area contributed by atoms with Crippen molar-refractivity contribution in [2.24, 2.45) is 11.8 Å². The lowest BCUT2D eigenvalue weighted by molar-refractivity contribution is -0.154. The first-order chi connectivity index (χ1) is 17.1. The van der Waals surface area contributed by atoms with Gasteiger partial charge in [0, 0.05) is 30.5 Å². The Morgan fingerprint density at radius 2 is 1.92 bits per heavy atom. The van der Waals surface area contributed by atoms with Gasteiger partial charge in [0.25, 0.3) is 0 Å². The molecule has 36 heavy (non-hydrogen) atoms. The smallest absolute Gasteiger partial charge is 0.310 e. The lowest BCUT2D eigenvalue weighted by Crippen LogP contribution is -2.58. The standard InChI is InChI=1S/C28H44N2O5S/c1-6-8-13-19-35-26(34)21-20-14-15-28(36-20)22(21)24(32)29(17-11-9-10-12-18-31)23(28)25(33)30(16-7-2)27(3,4)5/h6-7,20-23,31H,1-2,8-19H2,3-5H3/t20-,21+,22-,23?,28?/m0/s1. The number of hydrogen-bond donors (Lipinski definition) is 1. The van der Waals surface area contributed by atoms with Gasteiger partial charge in [0.05, 0.1) is 23.2 Å². The van der Waals surface area contributed by atoms with Gasteiger partial charge in [-0.05, 0) is 59.3 Å². The Morgan fingerprint density at radius 1 is 1.19 bits per heavy atom. The van der Waals surface area contributed by atoms with Gasteiger partial charge in [-0.2, -0.15) is 0 Å². The molecule has 3 fully saturated rings. The number of hydrogen-bond acceptors (Lipinski definition) is 6. The first kappa shape index (κ1) is 28.8. The fourth-order valence-electron chi connectivity index (χ4n) is 6.16. The summed E-state index contributed by atoms with van der Waals surface area (Å²) in [7, 11) is 0. The van der Waals surface area contributed by atoms with Crippen molar-refractivity contribution in [2.45, 2.75) is 93.7 Å². The predicted octanol–water partition coefficient (Wildman–Crippen LogP) is 3.95. The number of allylic oxidation sites excluding steroid dienone is 1. The van der Waals surface area contributed by atoms with Crippen LogP contribution in [0.1, 0.15) is 72.1 Å². The average Bonchev–Trinajstić information content (AvgIpc) is 3.46. The van der Waals surface area contributed by atoms with Gasteiger partial charge in [-0.15, -0.1) is 24.9 Å². The van der Waals surface area contributed by atoms with E-state index < -0.39 is 28.2 Å². The van der Waals surface area contributed by atoms with Gasteiger partial charge in [0.1, 0.15) is 6.04 Å². The lowest BCUT2D eigenvalue weighted by atomic mass is 9.71. The summed E-state index contributed by atoms with van der Waals surface area (Å²) < 4.78 is 5.03. The van der Waals surface area contributed by atoms with E-state index in [0.717, 1.165) is 44.9 Å². The molecule has 2 unspecified atom stereocenters. The molecule has 0 saturated carbocycles. The number of nitrogens with zero attached hydrogens (tertiary/aromatic N) is 2. The SMILES string of the molecule is C=CCCCOC(=O)[C@@H]1[C@@H]2CCC3(S2)C(C(=O)N(CC=C)C(C)(C)C)N(CCCCCCO)C(=O)[C@H]13. The summed E-state index contributed by atoms with van der Waals surface area (Å²) in [5.74, 6) is -1.46. The van der Waals surface area contributed by atoms with Gasteiger partial charge in [-0.25, -0.2) is 0 Å². The Labute approximate surface area is 220 Å². The number of carbonyl (C=O) groups is 3. The van der Waals surface area contributed by atoms with E-state index in [1.54, 1.807) is 28.8 Å². The molecule has 2 bridgehead atoms. The molecule has 1 spiro atoms. The molecule has 3 aliphatic rings. The van der Waals surface area contributed by atoms with Crippen molar-refractivity contribution in [3.63, 3.8) is 0 Å². The third-order valence-corrected chi connectivity index (χ3v) is 9.75. The molecule has 3 aliphatic heterocycles. The van der Waals surface area contributed by atoms with Crippen LogP contribution in [0.3, 0.4) is 0 Å². The van der Waals surface area contributed by atoms with E-state index in [-0.39, 0.29) is 29.6 Å². The highest BCUT2D eigenvalue weighted by Gasteiger charge is 2.74. The van der Waals surface area contributed by atoms with Crippen LogP contribution in [0.4, 0.5) is 0 Å². The molecule has 3 rings (SSSR count). The van der Waals surface area contributed by atoms with E-state index in [9.17, 15) is 14.4 Å². The van der Waals surface area contributed by atoms with Crippen molar-refractivity contribution >= 4 is 29.5 Å². The second-order valence-electron chi connectivity index (χ2n) is 11.2. The summed E-state index contributed by atoms with van der Waals surface area (Å²) in [5.41, 5.74) is -0.430. The van der Waals surface area contributed by atoms with Crippen LogP contribution < -0.4 is 0 Å². The largest absolute Gasteiger partial charge is 0.465 e. The zero-order valence-electron chi connectivity index (χ0n) is 22.2. The van der Waals surface area contributed by atoms with E-state index in [1.165, 1.54) is 0 Å². The minimum Gasteiger partial charge on any atom is -0.465 e. The van der Waals surface area contributed by atoms with Gasteiger partial charge in [-0.1, -0.05) is 25.0 Å². The zero-order chi connectivity index (χ0) is 26.5. The van der Waals surface area contributed by atoms with Crippen LogP contribution in [0, 0.1) is 11.8 Å². The van der Waals surface area contributed by atoms with Crippen molar-refractivity contribution in [1.29, 1.82) is 0 Å². The van der Waals surface area contributed by atoms with Crippen molar-refractivity contribution in [3.8, 4) is 0 Å². The second-order valence-corrected chi connectivity index (χ2v) is 12.8. The van der Waals surface area contributed by atoms with E-state index in [2.05, 4.69) is 13.2 Å². The van der Waals surface area contributed by atoms with Crippen LogP contribution in [-0.2, 0) is 19.1 Å². The number of aliphatic hydroxyl groups excluding tert-OH is 1. The maximum Gasteiger partial charge on any atom is 0.310 e. The third kappa shape index (κ3) is 5.54. The van der Waals surface area contributed by atoms with Crippen molar-refractivity contribution in [1.82, 2.24) is 9.80 Å². The Hall–Kier alpha value is -1.80. The summed E-state index contributed by atoms with van der Waals surface area (Å²) >= 11 is 1.68. The minimum atomic E-state index is -0.598. The Morgan fingerprint density at radius 3 is 2.56 bits per heavy atom. The Bertz CT molecular complexity index is 840. The number of ether oxygens (including phenoxy) is 1. The molecule has 0 aromatic rings. The fraction of sp³-hybridized carbons (Fsp3) is 0.750. The quantitative estimate of drug-likeness (QED) is 0.212. The molecule has 0 radical (unpaired) electrons. The lowest BCUT2D eigenvalue weighted by Gasteiger charge is -2.42. The van der Waals surface area contributed by atoms with Crippen molar-refractivity contribution in [3.05, 3.63) is 25.3 Å². The maximum atomic E-state index is 14.2. The number of carbonyl (C=O) groups excluding carboxylic acids is 3. The number of amides is 2. The summed E-state index contributed by atoms with van der Waals surface area (Å²) in [6.07, 6.45) is 9.84. The number of aliphatic hydroxyl groups is 1. The summed E-state index contributed by atoms with van der Waals surface area (Å²) in [6, 6.07) is -0.597. The Kier molecular flexibility index (Phi) is 9.72. The van der Waals surface area contributed by atoms with E-state index in [0.29, 0.717) is 26.1 Å². The number of rotatable bonds is 14. The first-order valence-electron chi connectivity index (χ1n) is 13.4. The highest BCUT2D eigenvalue weighted by atomic mass is 32.2.